The minimum atomic E-state index is 0.941. The summed E-state index contributed by atoms with van der Waals surface area (Å²) in [5, 5.41) is 4.77. The molecule has 0 atom stereocenters. The highest BCUT2D eigenvalue weighted by atomic mass is 32.1. The Kier molecular flexibility index (Phi) is 2.49. The van der Waals surface area contributed by atoms with Crippen molar-refractivity contribution in [1.82, 2.24) is 10.3 Å². The van der Waals surface area contributed by atoms with Crippen LogP contribution in [0.15, 0.2) is 24.3 Å². The quantitative estimate of drug-likeness (QED) is 0.775. The second-order valence-electron chi connectivity index (χ2n) is 5.29. The van der Waals surface area contributed by atoms with Crippen molar-refractivity contribution in [2.24, 2.45) is 5.92 Å². The summed E-state index contributed by atoms with van der Waals surface area (Å²) in [5.74, 6) is 0.942. The maximum atomic E-state index is 4.81. The lowest BCUT2D eigenvalue weighted by Gasteiger charge is -2.00. The zero-order valence-corrected chi connectivity index (χ0v) is 11.1. The molecule has 0 aliphatic heterocycles. The van der Waals surface area contributed by atoms with Crippen LogP contribution in [0.5, 0.6) is 0 Å². The zero-order chi connectivity index (χ0) is 11.9. The smallest absolute Gasteiger partial charge is 0.107 e. The van der Waals surface area contributed by atoms with Gasteiger partial charge in [0.1, 0.15) is 5.01 Å². The highest BCUT2D eigenvalue weighted by Gasteiger charge is 2.23. The van der Waals surface area contributed by atoms with Gasteiger partial charge in [-0.3, -0.25) is 0 Å². The summed E-state index contributed by atoms with van der Waals surface area (Å²) in [6.45, 7) is 2.11. The first kappa shape index (κ1) is 10.7. The fourth-order valence-electron chi connectivity index (χ4n) is 2.59. The zero-order valence-electron chi connectivity index (χ0n) is 10.3. The monoisotopic (exact) mass is 256 g/mol. The third-order valence-electron chi connectivity index (χ3n) is 3.77. The maximum absolute atomic E-state index is 4.81. The molecular weight excluding hydrogens is 240 g/mol. The van der Waals surface area contributed by atoms with Crippen LogP contribution >= 0.6 is 11.3 Å². The predicted octanol–water partition coefficient (Wildman–Crippen LogP) is 3.21. The van der Waals surface area contributed by atoms with E-state index in [9.17, 15) is 0 Å². The van der Waals surface area contributed by atoms with Gasteiger partial charge < -0.3 is 5.32 Å². The van der Waals surface area contributed by atoms with Crippen molar-refractivity contribution in [2.75, 3.05) is 6.54 Å². The Balaban J connectivity index is 1.52. The van der Waals surface area contributed by atoms with Crippen LogP contribution in [0.3, 0.4) is 0 Å². The maximum Gasteiger partial charge on any atom is 0.107 e. The molecule has 0 spiro atoms. The first-order chi connectivity index (χ1) is 8.90. The highest BCUT2D eigenvalue weighted by molar-refractivity contribution is 7.12. The van der Waals surface area contributed by atoms with Crippen LogP contribution in [0.2, 0.25) is 0 Å². The largest absolute Gasteiger partial charge is 0.310 e. The highest BCUT2D eigenvalue weighted by Crippen LogP contribution is 2.39. The molecular formula is C15H16N2S. The van der Waals surface area contributed by atoms with E-state index >= 15 is 0 Å². The van der Waals surface area contributed by atoms with Gasteiger partial charge in [-0.1, -0.05) is 24.3 Å². The van der Waals surface area contributed by atoms with Gasteiger partial charge in [0.15, 0.2) is 0 Å². The van der Waals surface area contributed by atoms with E-state index in [1.165, 1.54) is 46.1 Å². The Morgan fingerprint density at radius 3 is 3.06 bits per heavy atom. The Labute approximate surface area is 111 Å². The molecule has 2 aliphatic carbocycles. The molecule has 0 unspecified atom stereocenters. The van der Waals surface area contributed by atoms with Crippen molar-refractivity contribution in [2.45, 2.75) is 25.8 Å². The predicted molar refractivity (Wildman–Crippen MR) is 74.8 cm³/mol. The summed E-state index contributed by atoms with van der Waals surface area (Å²) in [5.41, 5.74) is 4.01. The second-order valence-corrected chi connectivity index (χ2v) is 6.46. The molecule has 0 radical (unpaired) electrons. The normalized spacial score (nSPS) is 16.7. The van der Waals surface area contributed by atoms with Gasteiger partial charge in [-0.2, -0.15) is 0 Å². The van der Waals surface area contributed by atoms with Gasteiger partial charge in [0.2, 0.25) is 0 Å². The SMILES string of the molecule is c1ccc2c(c1)Cc1sc(CNCC3CC3)nc1-2. The number of nitrogens with one attached hydrogen (secondary N) is 1. The van der Waals surface area contributed by atoms with Gasteiger partial charge in [-0.15, -0.1) is 11.3 Å². The summed E-state index contributed by atoms with van der Waals surface area (Å²) in [7, 11) is 0. The van der Waals surface area contributed by atoms with E-state index in [-0.39, 0.29) is 0 Å². The summed E-state index contributed by atoms with van der Waals surface area (Å²) in [6.07, 6.45) is 3.90. The topological polar surface area (TPSA) is 24.9 Å². The van der Waals surface area contributed by atoms with Crippen molar-refractivity contribution in [3.63, 3.8) is 0 Å². The Morgan fingerprint density at radius 1 is 1.28 bits per heavy atom. The minimum absolute atomic E-state index is 0.941. The Hall–Kier alpha value is -1.19. The molecule has 1 N–H and O–H groups in total. The molecule has 3 heteroatoms. The third-order valence-corrected chi connectivity index (χ3v) is 4.83. The lowest BCUT2D eigenvalue weighted by Crippen LogP contribution is -2.15. The number of benzene rings is 1. The van der Waals surface area contributed by atoms with Gasteiger partial charge >= 0.3 is 0 Å². The number of hydrogen-bond acceptors (Lipinski definition) is 3. The molecule has 1 aromatic carbocycles. The molecule has 1 fully saturated rings. The van der Waals surface area contributed by atoms with E-state index in [2.05, 4.69) is 29.6 Å². The van der Waals surface area contributed by atoms with Crippen molar-refractivity contribution in [1.29, 1.82) is 0 Å². The van der Waals surface area contributed by atoms with Crippen LogP contribution in [0.25, 0.3) is 11.3 Å². The van der Waals surface area contributed by atoms with Crippen LogP contribution in [0.4, 0.5) is 0 Å². The van der Waals surface area contributed by atoms with E-state index in [0.717, 1.165) is 18.9 Å². The van der Waals surface area contributed by atoms with Crippen LogP contribution in [-0.4, -0.2) is 11.5 Å². The van der Waals surface area contributed by atoms with Crippen molar-refractivity contribution >= 4 is 11.3 Å². The molecule has 0 amide bonds. The fraction of sp³-hybridized carbons (Fsp3) is 0.400. The fourth-order valence-corrected chi connectivity index (χ4v) is 3.67. The molecule has 0 saturated heterocycles. The van der Waals surface area contributed by atoms with Crippen molar-refractivity contribution < 1.29 is 0 Å². The number of hydrogen-bond donors (Lipinski definition) is 1. The van der Waals surface area contributed by atoms with E-state index < -0.39 is 0 Å². The molecule has 2 nitrogen and oxygen atoms in total. The summed E-state index contributed by atoms with van der Waals surface area (Å²) in [4.78, 5) is 6.25. The first-order valence-corrected chi connectivity index (χ1v) is 7.49. The van der Waals surface area contributed by atoms with Crippen LogP contribution in [-0.2, 0) is 13.0 Å². The third kappa shape index (κ3) is 1.88. The summed E-state index contributed by atoms with van der Waals surface area (Å²) < 4.78 is 0. The van der Waals surface area contributed by atoms with Crippen LogP contribution in [0.1, 0.15) is 28.3 Å². The number of aromatic nitrogens is 1. The van der Waals surface area contributed by atoms with Gasteiger partial charge in [-0.25, -0.2) is 4.98 Å². The summed E-state index contributed by atoms with van der Waals surface area (Å²) >= 11 is 1.88. The molecule has 2 aliphatic rings. The molecule has 4 rings (SSSR count). The minimum Gasteiger partial charge on any atom is -0.310 e. The van der Waals surface area contributed by atoms with Gasteiger partial charge in [-0.05, 0) is 30.9 Å². The van der Waals surface area contributed by atoms with Gasteiger partial charge in [0.05, 0.1) is 5.69 Å². The molecule has 1 saturated carbocycles. The van der Waals surface area contributed by atoms with Crippen LogP contribution in [0, 0.1) is 5.92 Å². The van der Waals surface area contributed by atoms with Gasteiger partial charge in [0, 0.05) is 23.4 Å². The van der Waals surface area contributed by atoms with E-state index in [0.29, 0.717) is 0 Å². The second kappa shape index (κ2) is 4.18. The lowest BCUT2D eigenvalue weighted by molar-refractivity contribution is 0.637. The number of thiazole rings is 1. The standard InChI is InChI=1S/C15H16N2S/c1-2-4-12-11(3-1)7-13-15(12)17-14(18-13)9-16-8-10-5-6-10/h1-4,10,16H,5-9H2. The average Bonchev–Trinajstić information content (AvgIpc) is 3.01. The lowest BCUT2D eigenvalue weighted by atomic mass is 10.1. The van der Waals surface area contributed by atoms with Crippen molar-refractivity contribution in [3.8, 4) is 11.3 Å². The average molecular weight is 256 g/mol. The molecule has 1 aromatic heterocycles. The van der Waals surface area contributed by atoms with E-state index in [1.807, 2.05) is 11.3 Å². The first-order valence-electron chi connectivity index (χ1n) is 6.68. The molecule has 0 bridgehead atoms. The van der Waals surface area contributed by atoms with E-state index in [1.54, 1.807) is 0 Å². The number of rotatable bonds is 4. The van der Waals surface area contributed by atoms with E-state index in [4.69, 9.17) is 4.98 Å². The van der Waals surface area contributed by atoms with Crippen molar-refractivity contribution in [3.05, 3.63) is 39.7 Å². The summed E-state index contributed by atoms with van der Waals surface area (Å²) in [6, 6.07) is 8.64. The van der Waals surface area contributed by atoms with Crippen LogP contribution < -0.4 is 5.32 Å². The van der Waals surface area contributed by atoms with Gasteiger partial charge in [0.25, 0.3) is 0 Å². The Morgan fingerprint density at radius 2 is 2.17 bits per heavy atom. The number of nitrogens with zero attached hydrogens (tertiary/aromatic N) is 1. The molecule has 18 heavy (non-hydrogen) atoms. The number of fused-ring (bicyclic) bond motifs is 3. The Bertz CT molecular complexity index is 584. The molecule has 92 valence electrons. The molecule has 1 heterocycles. The molecule has 2 aromatic rings.